The van der Waals surface area contributed by atoms with E-state index in [0.717, 1.165) is 0 Å². The number of esters is 1. The van der Waals surface area contributed by atoms with Gasteiger partial charge in [0, 0.05) is 5.69 Å². The Morgan fingerprint density at radius 3 is 3.00 bits per heavy atom. The summed E-state index contributed by atoms with van der Waals surface area (Å²) in [5, 5.41) is 5.94. The quantitative estimate of drug-likeness (QED) is 0.255. The maximum absolute atomic E-state index is 11.2. The van der Waals surface area contributed by atoms with Crippen LogP contribution >= 0.6 is 0 Å². The van der Waals surface area contributed by atoms with Gasteiger partial charge in [-0.25, -0.2) is 4.79 Å². The highest BCUT2D eigenvalue weighted by Gasteiger charge is 2.06. The Morgan fingerprint density at radius 2 is 2.38 bits per heavy atom. The van der Waals surface area contributed by atoms with Gasteiger partial charge in [0.05, 0.1) is 12.7 Å². The number of hydrogen-bond donors (Lipinski definition) is 2. The number of ether oxygens (including phenoxy) is 1. The van der Waals surface area contributed by atoms with Crippen molar-refractivity contribution in [3.8, 4) is 0 Å². The van der Waals surface area contributed by atoms with E-state index in [1.807, 2.05) is 0 Å². The number of carbonyl (C=O) groups excluding carboxylic acids is 1. The molecular formula is C10H10N4O2. The number of benzene rings is 1. The van der Waals surface area contributed by atoms with Crippen molar-refractivity contribution in [3.05, 3.63) is 41.4 Å². The van der Waals surface area contributed by atoms with E-state index < -0.39 is 5.97 Å². The van der Waals surface area contributed by atoms with Crippen LogP contribution in [0, 0.1) is 6.57 Å². The fourth-order valence-corrected chi connectivity index (χ4v) is 1.07. The third-order valence-electron chi connectivity index (χ3n) is 1.71. The lowest BCUT2D eigenvalue weighted by Gasteiger charge is -2.04. The van der Waals surface area contributed by atoms with E-state index in [0.29, 0.717) is 11.3 Å². The minimum atomic E-state index is -0.440. The van der Waals surface area contributed by atoms with Crippen molar-refractivity contribution in [1.29, 1.82) is 0 Å². The lowest BCUT2D eigenvalue weighted by atomic mass is 10.2. The molecule has 6 heteroatoms. The second kappa shape index (κ2) is 5.36. The number of methoxy groups -OCH3 is 1. The monoisotopic (exact) mass is 218 g/mol. The van der Waals surface area contributed by atoms with Crippen LogP contribution in [0.4, 0.5) is 5.69 Å². The molecule has 0 aliphatic rings. The van der Waals surface area contributed by atoms with Gasteiger partial charge in [-0.15, -0.1) is 4.95 Å². The first-order valence-electron chi connectivity index (χ1n) is 4.32. The van der Waals surface area contributed by atoms with Crippen molar-refractivity contribution in [2.45, 2.75) is 0 Å². The predicted molar refractivity (Wildman–Crippen MR) is 59.6 cm³/mol. The molecule has 6 nitrogen and oxygen atoms in total. The molecule has 16 heavy (non-hydrogen) atoms. The number of rotatable bonds is 2. The first-order chi connectivity index (χ1) is 7.67. The molecule has 0 aliphatic heterocycles. The summed E-state index contributed by atoms with van der Waals surface area (Å²) in [7, 11) is 1.30. The van der Waals surface area contributed by atoms with Gasteiger partial charge in [0.2, 0.25) is 0 Å². The Morgan fingerprint density at radius 1 is 1.62 bits per heavy atom. The van der Waals surface area contributed by atoms with Crippen LogP contribution in [0.3, 0.4) is 0 Å². The van der Waals surface area contributed by atoms with Crippen molar-refractivity contribution in [1.82, 2.24) is 0 Å². The van der Waals surface area contributed by atoms with E-state index in [-0.39, 0.29) is 5.96 Å². The normalized spacial score (nSPS) is 10.4. The molecule has 0 bridgehead atoms. The van der Waals surface area contributed by atoms with Gasteiger partial charge in [0.1, 0.15) is 5.10 Å². The van der Waals surface area contributed by atoms with Gasteiger partial charge < -0.3 is 15.8 Å². The molecule has 0 aromatic heterocycles. The molecule has 1 aromatic carbocycles. The Balaban J connectivity index is 2.88. The van der Waals surface area contributed by atoms with E-state index >= 15 is 0 Å². The number of guanidine groups is 1. The van der Waals surface area contributed by atoms with Crippen LogP contribution in [0.25, 0.3) is 4.95 Å². The largest absolute Gasteiger partial charge is 0.465 e. The zero-order chi connectivity index (χ0) is 12.0. The smallest absolute Gasteiger partial charge is 0.337 e. The molecule has 0 heterocycles. The fraction of sp³-hybridized carbons (Fsp3) is 0.100. The summed E-state index contributed by atoms with van der Waals surface area (Å²) in [6.07, 6.45) is 0. The Bertz CT molecular complexity index is 462. The number of carbonyl (C=O) groups is 1. The second-order valence-electron chi connectivity index (χ2n) is 2.78. The Kier molecular flexibility index (Phi) is 3.86. The molecule has 0 fully saturated rings. The molecule has 0 radical (unpaired) electrons. The van der Waals surface area contributed by atoms with E-state index in [1.165, 1.54) is 7.11 Å². The van der Waals surface area contributed by atoms with Gasteiger partial charge >= 0.3 is 5.97 Å². The number of nitrogens with one attached hydrogen (secondary N) is 1. The summed E-state index contributed by atoms with van der Waals surface area (Å²) in [6, 6.07) is 6.52. The first-order valence-corrected chi connectivity index (χ1v) is 4.32. The zero-order valence-electron chi connectivity index (χ0n) is 8.60. The maximum atomic E-state index is 11.2. The molecule has 0 spiro atoms. The average molecular weight is 218 g/mol. The summed E-state index contributed by atoms with van der Waals surface area (Å²) in [4.78, 5) is 14.0. The van der Waals surface area contributed by atoms with Gasteiger partial charge in [0.15, 0.2) is 0 Å². The molecule has 3 N–H and O–H groups in total. The van der Waals surface area contributed by atoms with Gasteiger partial charge in [-0.2, -0.15) is 6.57 Å². The Hall–Kier alpha value is -2.55. The summed E-state index contributed by atoms with van der Waals surface area (Å²) in [6.45, 7) is 6.48. The molecule has 0 aliphatic carbocycles. The van der Waals surface area contributed by atoms with Crippen LogP contribution in [0.5, 0.6) is 0 Å². The number of anilines is 1. The molecular weight excluding hydrogens is 208 g/mol. The number of hydrogen-bond acceptors (Lipinski definition) is 3. The molecule has 1 rings (SSSR count). The van der Waals surface area contributed by atoms with Crippen molar-refractivity contribution < 1.29 is 9.53 Å². The highest BCUT2D eigenvalue weighted by atomic mass is 16.5. The number of nitrogens with two attached hydrogens (primary N) is 1. The van der Waals surface area contributed by atoms with E-state index in [9.17, 15) is 4.79 Å². The summed E-state index contributed by atoms with van der Waals surface area (Å²) in [5.74, 6) is -0.471. The highest BCUT2D eigenvalue weighted by Crippen LogP contribution is 2.11. The van der Waals surface area contributed by atoms with E-state index in [2.05, 4.69) is 20.1 Å². The van der Waals surface area contributed by atoms with E-state index in [4.69, 9.17) is 12.3 Å². The van der Waals surface area contributed by atoms with Gasteiger partial charge in [-0.1, -0.05) is 6.07 Å². The van der Waals surface area contributed by atoms with Crippen LogP contribution in [-0.2, 0) is 4.74 Å². The third kappa shape index (κ3) is 2.99. The minimum absolute atomic E-state index is 0.0305. The average Bonchev–Trinajstić information content (AvgIpc) is 2.28. The SMILES string of the molecule is [C-]#[N+]/N=C(\N)Nc1cccc(C(=O)OC)c1. The Labute approximate surface area is 92.5 Å². The van der Waals surface area contributed by atoms with Crippen molar-refractivity contribution in [2.75, 3.05) is 12.4 Å². The molecule has 82 valence electrons. The predicted octanol–water partition coefficient (Wildman–Crippen LogP) is 1.03. The fourth-order valence-electron chi connectivity index (χ4n) is 1.07. The summed E-state index contributed by atoms with van der Waals surface area (Å²) < 4.78 is 4.57. The molecule has 0 unspecified atom stereocenters. The molecule has 0 saturated carbocycles. The van der Waals surface area contributed by atoms with Crippen LogP contribution in [0.15, 0.2) is 29.4 Å². The molecule has 0 amide bonds. The summed E-state index contributed by atoms with van der Waals surface area (Å²) >= 11 is 0. The molecule has 0 atom stereocenters. The zero-order valence-corrected chi connectivity index (χ0v) is 8.60. The highest BCUT2D eigenvalue weighted by molar-refractivity contribution is 5.95. The molecule has 0 saturated heterocycles. The third-order valence-corrected chi connectivity index (χ3v) is 1.71. The van der Waals surface area contributed by atoms with Crippen molar-refractivity contribution in [2.24, 2.45) is 10.8 Å². The van der Waals surface area contributed by atoms with Crippen LogP contribution < -0.4 is 11.1 Å². The second-order valence-corrected chi connectivity index (χ2v) is 2.78. The lowest BCUT2D eigenvalue weighted by Crippen LogP contribution is -2.21. The van der Waals surface area contributed by atoms with Gasteiger partial charge in [-0.05, 0) is 18.2 Å². The topological polar surface area (TPSA) is 81.1 Å². The van der Waals surface area contributed by atoms with Crippen molar-refractivity contribution >= 4 is 17.6 Å². The minimum Gasteiger partial charge on any atom is -0.465 e. The summed E-state index contributed by atoms with van der Waals surface area (Å²) in [5.41, 5.74) is 6.34. The molecule has 1 aromatic rings. The standard InChI is InChI=1S/C10H10N4O2/c1-12-14-10(11)13-8-5-3-4-7(6-8)9(15)16-2/h3-6H,2H3,(H3,11,13,14). The van der Waals surface area contributed by atoms with Gasteiger partial charge in [-0.3, -0.25) is 0 Å². The lowest BCUT2D eigenvalue weighted by molar-refractivity contribution is 0.0601. The van der Waals surface area contributed by atoms with Crippen LogP contribution in [-0.4, -0.2) is 19.0 Å². The van der Waals surface area contributed by atoms with Gasteiger partial charge in [0.25, 0.3) is 5.96 Å². The maximum Gasteiger partial charge on any atom is 0.337 e. The van der Waals surface area contributed by atoms with Crippen LogP contribution in [0.1, 0.15) is 10.4 Å². The van der Waals surface area contributed by atoms with Crippen molar-refractivity contribution in [3.63, 3.8) is 0 Å². The van der Waals surface area contributed by atoms with E-state index in [1.54, 1.807) is 24.3 Å². The van der Waals surface area contributed by atoms with Crippen LogP contribution in [0.2, 0.25) is 0 Å². The first kappa shape index (κ1) is 11.5. The number of nitrogens with zero attached hydrogens (tertiary/aromatic N) is 2.